The summed E-state index contributed by atoms with van der Waals surface area (Å²) >= 11 is 4.10. The number of nitrogens with one attached hydrogen (secondary N) is 4. The van der Waals surface area contributed by atoms with Crippen LogP contribution >= 0.6 is 23.5 Å². The fourth-order valence-electron chi connectivity index (χ4n) is 3.51. The van der Waals surface area contributed by atoms with Crippen LogP contribution in [0, 0.1) is 0 Å². The molecule has 4 unspecified atom stereocenters. The Hall–Kier alpha value is -0.480. The summed E-state index contributed by atoms with van der Waals surface area (Å²) in [5.74, 6) is 2.08. The van der Waals surface area contributed by atoms with E-state index in [1.54, 1.807) is 7.05 Å². The van der Waals surface area contributed by atoms with Gasteiger partial charge in [-0.2, -0.15) is 23.5 Å². The Morgan fingerprint density at radius 2 is 1.55 bits per heavy atom. The third kappa shape index (κ3) is 14.5. The van der Waals surface area contributed by atoms with Crippen LogP contribution < -0.4 is 21.3 Å². The summed E-state index contributed by atoms with van der Waals surface area (Å²) in [6.07, 6.45) is 3.64. The van der Waals surface area contributed by atoms with Gasteiger partial charge in [0, 0.05) is 53.1 Å². The lowest BCUT2D eigenvalue weighted by Gasteiger charge is -2.37. The van der Waals surface area contributed by atoms with Crippen molar-refractivity contribution in [3.8, 4) is 0 Å². The zero-order valence-corrected chi connectivity index (χ0v) is 23.6. The molecule has 0 spiro atoms. The van der Waals surface area contributed by atoms with Crippen molar-refractivity contribution >= 4 is 35.3 Å². The van der Waals surface area contributed by atoms with Crippen LogP contribution in [0.15, 0.2) is 0 Å². The number of carbonyl (C=O) groups excluding carboxylic acids is 2. The molecule has 1 aliphatic rings. The smallest absolute Gasteiger partial charge is 0.233 e. The zero-order valence-electron chi connectivity index (χ0n) is 22.0. The Kier molecular flexibility index (Phi) is 13.7. The third-order valence-electron chi connectivity index (χ3n) is 5.44. The first-order chi connectivity index (χ1) is 15.3. The Morgan fingerprint density at radius 1 is 0.970 bits per heavy atom. The van der Waals surface area contributed by atoms with Crippen molar-refractivity contribution in [3.63, 3.8) is 0 Å². The molecule has 33 heavy (non-hydrogen) atoms. The van der Waals surface area contributed by atoms with Gasteiger partial charge in [-0.3, -0.25) is 14.9 Å². The number of ether oxygens (including phenoxy) is 1. The van der Waals surface area contributed by atoms with Crippen LogP contribution in [0.5, 0.6) is 0 Å². The maximum atomic E-state index is 12.4. The van der Waals surface area contributed by atoms with E-state index in [-0.39, 0.29) is 36.7 Å². The summed E-state index contributed by atoms with van der Waals surface area (Å²) in [4.78, 5) is 23.6. The van der Waals surface area contributed by atoms with E-state index in [0.29, 0.717) is 24.1 Å². The van der Waals surface area contributed by atoms with Crippen LogP contribution in [-0.2, 0) is 14.3 Å². The number of amides is 2. The van der Waals surface area contributed by atoms with Gasteiger partial charge in [0.05, 0.1) is 18.9 Å². The van der Waals surface area contributed by atoms with Crippen molar-refractivity contribution < 1.29 is 14.3 Å². The van der Waals surface area contributed by atoms with Crippen molar-refractivity contribution in [2.24, 2.45) is 0 Å². The molecule has 2 amide bonds. The molecule has 0 saturated heterocycles. The maximum Gasteiger partial charge on any atom is 0.233 e. The lowest BCUT2D eigenvalue weighted by Crippen LogP contribution is -2.44. The van der Waals surface area contributed by atoms with E-state index in [1.165, 1.54) is 12.8 Å². The third-order valence-corrected chi connectivity index (χ3v) is 8.98. The highest BCUT2D eigenvalue weighted by atomic mass is 32.2. The van der Waals surface area contributed by atoms with E-state index in [4.69, 9.17) is 4.74 Å². The molecule has 0 radical (unpaired) electrons. The van der Waals surface area contributed by atoms with Crippen LogP contribution in [0.25, 0.3) is 0 Å². The zero-order chi connectivity index (χ0) is 25.1. The number of hydrogen-bond donors (Lipinski definition) is 4. The van der Waals surface area contributed by atoms with Gasteiger partial charge in [0.15, 0.2) is 0 Å². The molecule has 0 aromatic heterocycles. The first-order valence-electron chi connectivity index (χ1n) is 12.2. The molecular weight excluding hydrogens is 456 g/mol. The standard InChI is InChI=1S/C24H48N4O3S2/c1-17(14-32-19-9-10-20(19)33-15-18(2)28-23(3,4)5)27-21(29)11-12-24(6,7)31-16-26-13-22(30)25-8/h17-20,26,28H,9-16H2,1-8H3,(H,25,30)(H,27,29). The average Bonchev–Trinajstić information content (AvgIpc) is 2.67. The van der Waals surface area contributed by atoms with Crippen molar-refractivity contribution in [1.29, 1.82) is 0 Å². The van der Waals surface area contributed by atoms with Gasteiger partial charge in [-0.05, 0) is 67.7 Å². The van der Waals surface area contributed by atoms with E-state index in [0.717, 1.165) is 16.8 Å². The quantitative estimate of drug-likeness (QED) is 0.190. The molecule has 0 aliphatic heterocycles. The second-order valence-corrected chi connectivity index (χ2v) is 13.3. The summed E-state index contributed by atoms with van der Waals surface area (Å²) in [5.41, 5.74) is -0.271. The number of thioether (sulfide) groups is 2. The van der Waals surface area contributed by atoms with E-state index < -0.39 is 5.60 Å². The van der Waals surface area contributed by atoms with Gasteiger partial charge in [0.1, 0.15) is 0 Å². The molecule has 0 aromatic rings. The number of carbonyl (C=O) groups is 2. The lowest BCUT2D eigenvalue weighted by molar-refractivity contribution is -0.123. The van der Waals surface area contributed by atoms with Crippen LogP contribution in [0.4, 0.5) is 0 Å². The Labute approximate surface area is 210 Å². The van der Waals surface area contributed by atoms with Crippen molar-refractivity contribution in [2.45, 2.75) is 108 Å². The average molecular weight is 505 g/mol. The summed E-state index contributed by atoms with van der Waals surface area (Å²) in [5, 5.41) is 13.7. The summed E-state index contributed by atoms with van der Waals surface area (Å²) in [6, 6.07) is 0.674. The Bertz CT molecular complexity index is 599. The van der Waals surface area contributed by atoms with Crippen LogP contribution in [-0.4, -0.2) is 77.4 Å². The molecule has 0 bridgehead atoms. The normalized spacial score (nSPS) is 20.6. The molecule has 1 fully saturated rings. The molecule has 194 valence electrons. The molecule has 0 aromatic carbocycles. The van der Waals surface area contributed by atoms with Gasteiger partial charge in [0.2, 0.25) is 11.8 Å². The van der Waals surface area contributed by atoms with Crippen molar-refractivity contribution in [3.05, 3.63) is 0 Å². The van der Waals surface area contributed by atoms with Crippen molar-refractivity contribution in [1.82, 2.24) is 21.3 Å². The molecule has 4 N–H and O–H groups in total. The van der Waals surface area contributed by atoms with Crippen molar-refractivity contribution in [2.75, 3.05) is 31.8 Å². The monoisotopic (exact) mass is 504 g/mol. The largest absolute Gasteiger partial charge is 0.360 e. The summed E-state index contributed by atoms with van der Waals surface area (Å²) in [6.45, 7) is 15.4. The number of hydrogen-bond acceptors (Lipinski definition) is 7. The van der Waals surface area contributed by atoms with Crippen LogP contribution in [0.3, 0.4) is 0 Å². The second-order valence-electron chi connectivity index (χ2n) is 10.7. The number of likely N-dealkylation sites (N-methyl/N-ethyl adjacent to an activating group) is 1. The predicted octanol–water partition coefficient (Wildman–Crippen LogP) is 3.13. The van der Waals surface area contributed by atoms with Gasteiger partial charge in [-0.15, -0.1) is 0 Å². The van der Waals surface area contributed by atoms with Gasteiger partial charge in [-0.25, -0.2) is 0 Å². The predicted molar refractivity (Wildman–Crippen MR) is 143 cm³/mol. The molecule has 1 aliphatic carbocycles. The Balaban J connectivity index is 2.19. The van der Waals surface area contributed by atoms with E-state index in [2.05, 4.69) is 67.6 Å². The minimum absolute atomic E-state index is 0.0692. The summed E-state index contributed by atoms with van der Waals surface area (Å²) in [7, 11) is 1.60. The molecule has 4 atom stereocenters. The van der Waals surface area contributed by atoms with Crippen LogP contribution in [0.2, 0.25) is 0 Å². The minimum atomic E-state index is -0.430. The minimum Gasteiger partial charge on any atom is -0.360 e. The fraction of sp³-hybridized carbons (Fsp3) is 0.917. The highest BCUT2D eigenvalue weighted by Crippen LogP contribution is 2.40. The maximum absolute atomic E-state index is 12.4. The molecular formula is C24H48N4O3S2. The molecule has 1 saturated carbocycles. The first kappa shape index (κ1) is 30.6. The van der Waals surface area contributed by atoms with E-state index in [1.807, 2.05) is 25.6 Å². The molecule has 9 heteroatoms. The summed E-state index contributed by atoms with van der Waals surface area (Å²) < 4.78 is 5.78. The SMILES string of the molecule is CNC(=O)CNCOC(C)(C)CCC(=O)NC(C)CSC1CCC1SCC(C)NC(C)(C)C. The molecule has 0 heterocycles. The molecule has 7 nitrogen and oxygen atoms in total. The Morgan fingerprint density at radius 3 is 2.06 bits per heavy atom. The van der Waals surface area contributed by atoms with Gasteiger partial charge >= 0.3 is 0 Å². The van der Waals surface area contributed by atoms with Gasteiger partial charge in [-0.1, -0.05) is 0 Å². The molecule has 1 rings (SSSR count). The fourth-order valence-corrected chi connectivity index (χ4v) is 6.53. The highest BCUT2D eigenvalue weighted by molar-refractivity contribution is 8.04. The number of rotatable bonds is 16. The highest BCUT2D eigenvalue weighted by Gasteiger charge is 2.32. The van der Waals surface area contributed by atoms with E-state index >= 15 is 0 Å². The lowest BCUT2D eigenvalue weighted by atomic mass is 9.99. The van der Waals surface area contributed by atoms with Gasteiger partial charge in [0.25, 0.3) is 0 Å². The topological polar surface area (TPSA) is 91.5 Å². The van der Waals surface area contributed by atoms with Gasteiger partial charge < -0.3 is 20.7 Å². The van der Waals surface area contributed by atoms with E-state index in [9.17, 15) is 9.59 Å². The second kappa shape index (κ2) is 14.8. The first-order valence-corrected chi connectivity index (χ1v) is 14.3. The van der Waals surface area contributed by atoms with Crippen LogP contribution in [0.1, 0.15) is 74.1 Å².